The van der Waals surface area contributed by atoms with E-state index in [1.807, 2.05) is 37.1 Å². The number of amidine groups is 1. The zero-order chi connectivity index (χ0) is 28.2. The highest BCUT2D eigenvalue weighted by Gasteiger charge is 2.37. The molecule has 5 rings (SSSR count). The number of aliphatic imine (C=N–C) groups is 2. The lowest BCUT2D eigenvalue weighted by molar-refractivity contribution is -0.124. The Morgan fingerprint density at radius 3 is 2.83 bits per heavy atom. The highest BCUT2D eigenvalue weighted by atomic mass is 16.5. The van der Waals surface area contributed by atoms with Crippen molar-refractivity contribution in [3.05, 3.63) is 64.9 Å². The smallest absolute Gasteiger partial charge is 0.255 e. The van der Waals surface area contributed by atoms with E-state index in [1.165, 1.54) is 0 Å². The van der Waals surface area contributed by atoms with E-state index in [0.29, 0.717) is 55.4 Å². The topological polar surface area (TPSA) is 128 Å². The first-order valence-electron chi connectivity index (χ1n) is 13.3. The third-order valence-corrected chi connectivity index (χ3v) is 7.25. The summed E-state index contributed by atoms with van der Waals surface area (Å²) in [4.78, 5) is 49.0. The highest BCUT2D eigenvalue weighted by Crippen LogP contribution is 2.32. The van der Waals surface area contributed by atoms with Gasteiger partial charge in [0, 0.05) is 43.6 Å². The molecule has 3 aliphatic heterocycles. The van der Waals surface area contributed by atoms with Crippen molar-refractivity contribution in [2.24, 2.45) is 15.9 Å². The van der Waals surface area contributed by atoms with Crippen LogP contribution in [0.5, 0.6) is 0 Å². The second kappa shape index (κ2) is 11.7. The Bertz CT molecular complexity index is 1430. The van der Waals surface area contributed by atoms with Crippen LogP contribution in [0, 0.1) is 12.8 Å². The maximum absolute atomic E-state index is 13.1. The number of rotatable bonds is 8. The van der Waals surface area contributed by atoms with Crippen LogP contribution in [-0.2, 0) is 14.3 Å². The van der Waals surface area contributed by atoms with Crippen molar-refractivity contribution >= 4 is 47.0 Å². The molecule has 1 unspecified atom stereocenters. The third-order valence-electron chi connectivity index (χ3n) is 7.25. The number of aryl methyl sites for hydroxylation is 1. The Hall–Kier alpha value is -4.51. The number of methoxy groups -OCH3 is 1. The molecule has 0 aromatic heterocycles. The Morgan fingerprint density at radius 2 is 2.05 bits per heavy atom. The van der Waals surface area contributed by atoms with Gasteiger partial charge in [0.1, 0.15) is 12.0 Å². The van der Waals surface area contributed by atoms with Gasteiger partial charge in [0.15, 0.2) is 5.84 Å². The van der Waals surface area contributed by atoms with E-state index < -0.39 is 0 Å². The molecule has 0 aliphatic carbocycles. The molecule has 0 radical (unpaired) electrons. The van der Waals surface area contributed by atoms with E-state index in [4.69, 9.17) is 9.73 Å². The van der Waals surface area contributed by atoms with Crippen LogP contribution >= 0.6 is 0 Å². The van der Waals surface area contributed by atoms with E-state index in [0.717, 1.165) is 28.9 Å². The quantitative estimate of drug-likeness (QED) is 0.440. The summed E-state index contributed by atoms with van der Waals surface area (Å²) in [6.45, 7) is 5.87. The monoisotopic (exact) mass is 543 g/mol. The summed E-state index contributed by atoms with van der Waals surface area (Å²) in [5, 5.41) is 7.73. The van der Waals surface area contributed by atoms with Crippen molar-refractivity contribution in [3.63, 3.8) is 0 Å². The maximum Gasteiger partial charge on any atom is 0.255 e. The number of nitrogens with one attached hydrogen (secondary N) is 3. The predicted molar refractivity (Wildman–Crippen MR) is 154 cm³/mol. The van der Waals surface area contributed by atoms with Crippen LogP contribution in [0.3, 0.4) is 0 Å². The van der Waals surface area contributed by atoms with E-state index in [2.05, 4.69) is 21.1 Å². The van der Waals surface area contributed by atoms with Crippen molar-refractivity contribution < 1.29 is 19.1 Å². The minimum absolute atomic E-state index is 0.0725. The van der Waals surface area contributed by atoms with Gasteiger partial charge in [-0.05, 0) is 61.7 Å². The molecule has 11 heteroatoms. The molecule has 2 aromatic carbocycles. The molecule has 1 fully saturated rings. The number of hydrazine groups is 1. The molecular weight excluding hydrogens is 510 g/mol. The van der Waals surface area contributed by atoms with Gasteiger partial charge >= 0.3 is 0 Å². The number of ether oxygens (including phenoxy) is 1. The minimum Gasteiger partial charge on any atom is -0.383 e. The average molecular weight is 544 g/mol. The molecule has 3 aliphatic rings. The number of hydrogen-bond acceptors (Lipinski definition) is 7. The first-order valence-corrected chi connectivity index (χ1v) is 13.3. The molecule has 2 aromatic rings. The van der Waals surface area contributed by atoms with Gasteiger partial charge in [0.2, 0.25) is 11.8 Å². The first-order chi connectivity index (χ1) is 19.4. The van der Waals surface area contributed by atoms with E-state index in [1.54, 1.807) is 42.6 Å². The van der Waals surface area contributed by atoms with Crippen molar-refractivity contribution in [2.45, 2.75) is 26.7 Å². The first kappa shape index (κ1) is 27.1. The van der Waals surface area contributed by atoms with Crippen LogP contribution in [0.15, 0.2) is 63.7 Å². The average Bonchev–Trinajstić information content (AvgIpc) is 3.54. The lowest BCUT2D eigenvalue weighted by Gasteiger charge is -2.25. The number of nitrogens with zero attached hydrogens (tertiary/aromatic N) is 4. The summed E-state index contributed by atoms with van der Waals surface area (Å²) in [6.07, 6.45) is 2.90. The molecule has 1 atom stereocenters. The lowest BCUT2D eigenvalue weighted by Crippen LogP contribution is -2.42. The van der Waals surface area contributed by atoms with E-state index >= 15 is 0 Å². The van der Waals surface area contributed by atoms with Gasteiger partial charge in [-0.25, -0.2) is 9.98 Å². The van der Waals surface area contributed by atoms with Crippen molar-refractivity contribution in [3.8, 4) is 0 Å². The summed E-state index contributed by atoms with van der Waals surface area (Å²) < 4.78 is 5.03. The zero-order valence-corrected chi connectivity index (χ0v) is 22.9. The number of amides is 3. The van der Waals surface area contributed by atoms with E-state index in [9.17, 15) is 14.4 Å². The Balaban J connectivity index is 1.36. The number of carbonyl (C=O) groups is 3. The predicted octanol–water partition coefficient (Wildman–Crippen LogP) is 2.92. The van der Waals surface area contributed by atoms with Gasteiger partial charge in [-0.15, -0.1) is 0 Å². The summed E-state index contributed by atoms with van der Waals surface area (Å²) in [6, 6.07) is 12.6. The fourth-order valence-electron chi connectivity index (χ4n) is 5.05. The standard InChI is InChI=1S/C29H33N7O4/c1-18-9-10-21(33-28(38)20-6-4-7-22(14-20)35-12-5-8-25(35)37)15-24(18)34-27-26-19(2)23(16-36(26)32-17-31-27)29(39)30-11-13-40-3/h4,6-7,9-10,14-15,17,23H,5,8,11-13,16H2,1-3H3,(H,30,39)(H,33,38)(H,31,32,34). The summed E-state index contributed by atoms with van der Waals surface area (Å²) in [7, 11) is 1.60. The fraction of sp³-hybridized carbons (Fsp3) is 0.345. The Labute approximate surface area is 233 Å². The maximum atomic E-state index is 13.1. The number of benzene rings is 2. The van der Waals surface area contributed by atoms with Crippen LogP contribution in [0.4, 0.5) is 17.1 Å². The number of anilines is 2. The summed E-state index contributed by atoms with van der Waals surface area (Å²) in [5.74, 6) is -0.137. The van der Waals surface area contributed by atoms with Gasteiger partial charge in [-0.2, -0.15) is 0 Å². The van der Waals surface area contributed by atoms with Gasteiger partial charge in [0.05, 0.1) is 24.8 Å². The second-order valence-electron chi connectivity index (χ2n) is 9.96. The minimum atomic E-state index is -0.343. The molecule has 3 heterocycles. The highest BCUT2D eigenvalue weighted by molar-refractivity contribution is 6.08. The molecule has 40 heavy (non-hydrogen) atoms. The zero-order valence-electron chi connectivity index (χ0n) is 22.9. The molecule has 3 N–H and O–H groups in total. The third kappa shape index (κ3) is 5.59. The van der Waals surface area contributed by atoms with Crippen molar-refractivity contribution in [1.82, 2.24) is 15.8 Å². The molecular formula is C29H33N7O4. The molecule has 0 bridgehead atoms. The largest absolute Gasteiger partial charge is 0.383 e. The van der Waals surface area contributed by atoms with Crippen molar-refractivity contribution in [1.29, 1.82) is 0 Å². The van der Waals surface area contributed by atoms with Crippen molar-refractivity contribution in [2.75, 3.05) is 43.6 Å². The molecule has 1 saturated heterocycles. The molecule has 11 nitrogen and oxygen atoms in total. The molecule has 0 saturated carbocycles. The Morgan fingerprint density at radius 1 is 1.20 bits per heavy atom. The molecule has 208 valence electrons. The summed E-state index contributed by atoms with van der Waals surface area (Å²) >= 11 is 0. The van der Waals surface area contributed by atoms with Crippen LogP contribution in [-0.4, -0.2) is 68.3 Å². The van der Waals surface area contributed by atoms with Crippen LogP contribution in [0.1, 0.15) is 35.7 Å². The molecule has 3 amide bonds. The Kier molecular flexibility index (Phi) is 7.92. The van der Waals surface area contributed by atoms with E-state index in [-0.39, 0.29) is 23.6 Å². The van der Waals surface area contributed by atoms with Gasteiger partial charge in [0.25, 0.3) is 5.91 Å². The molecule has 0 spiro atoms. The van der Waals surface area contributed by atoms with Gasteiger partial charge in [-0.1, -0.05) is 12.1 Å². The normalized spacial score (nSPS) is 19.2. The van der Waals surface area contributed by atoms with Crippen LogP contribution in [0.25, 0.3) is 0 Å². The number of hydrogen-bond donors (Lipinski definition) is 3. The number of fused-ring (bicyclic) bond motifs is 1. The second-order valence-corrected chi connectivity index (χ2v) is 9.96. The van der Waals surface area contributed by atoms with Crippen LogP contribution in [0.2, 0.25) is 0 Å². The number of carbonyl (C=O) groups excluding carboxylic acids is 3. The SMILES string of the molecule is COCCNC(=O)C1CN2NC=NC(=Nc3cc(NC(=O)c4cccc(N5CCCC5=O)c4)ccc3C)C2=C1C. The van der Waals surface area contributed by atoms with Gasteiger partial charge < -0.3 is 20.3 Å². The van der Waals surface area contributed by atoms with Crippen LogP contribution < -0.4 is 21.0 Å². The van der Waals surface area contributed by atoms with Gasteiger partial charge in [-0.3, -0.25) is 24.8 Å². The fourth-order valence-corrected chi connectivity index (χ4v) is 5.05. The lowest BCUT2D eigenvalue weighted by atomic mass is 10.0. The summed E-state index contributed by atoms with van der Waals surface area (Å²) in [5.41, 5.74) is 8.06.